The van der Waals surface area contributed by atoms with Crippen LogP contribution in [0.4, 0.5) is 0 Å². The van der Waals surface area contributed by atoms with Crippen LogP contribution >= 0.6 is 0 Å². The third-order valence-corrected chi connectivity index (χ3v) is 4.97. The molecule has 2 heterocycles. The molecule has 2 aromatic rings. The maximum Gasteiger partial charge on any atom is 0.127 e. The van der Waals surface area contributed by atoms with Crippen molar-refractivity contribution in [2.75, 3.05) is 40.5 Å². The van der Waals surface area contributed by atoms with Gasteiger partial charge in [0.1, 0.15) is 11.6 Å². The number of nitrogens with zero attached hydrogens (tertiary/aromatic N) is 3. The van der Waals surface area contributed by atoms with Gasteiger partial charge in [0.05, 0.1) is 20.3 Å². The number of hydrogen-bond donors (Lipinski definition) is 1. The molecule has 0 aliphatic carbocycles. The second kappa shape index (κ2) is 7.99. The fraction of sp³-hybridized carbons (Fsp3) is 0.526. The van der Waals surface area contributed by atoms with E-state index in [9.17, 15) is 5.11 Å². The molecule has 1 aromatic carbocycles. The number of aliphatic hydroxyl groups is 1. The van der Waals surface area contributed by atoms with E-state index >= 15 is 0 Å². The molecule has 1 saturated heterocycles. The minimum Gasteiger partial charge on any atom is -0.497 e. The van der Waals surface area contributed by atoms with Crippen molar-refractivity contribution in [3.63, 3.8) is 0 Å². The van der Waals surface area contributed by atoms with Gasteiger partial charge in [-0.1, -0.05) is 0 Å². The molecule has 0 atom stereocenters. The van der Waals surface area contributed by atoms with E-state index in [1.807, 2.05) is 36.7 Å². The highest BCUT2D eigenvalue weighted by Gasteiger charge is 2.33. The van der Waals surface area contributed by atoms with Crippen molar-refractivity contribution in [3.05, 3.63) is 42.5 Å². The molecule has 25 heavy (non-hydrogen) atoms. The van der Waals surface area contributed by atoms with Crippen LogP contribution in [0, 0.1) is 5.41 Å². The van der Waals surface area contributed by atoms with Gasteiger partial charge in [-0.25, -0.2) is 4.98 Å². The van der Waals surface area contributed by atoms with Gasteiger partial charge in [0.15, 0.2) is 0 Å². The monoisotopic (exact) mass is 345 g/mol. The lowest BCUT2D eigenvalue weighted by atomic mass is 9.80. The summed E-state index contributed by atoms with van der Waals surface area (Å²) in [4.78, 5) is 6.76. The molecule has 0 saturated carbocycles. The number of aliphatic hydroxyl groups excluding tert-OH is 1. The first-order valence-electron chi connectivity index (χ1n) is 8.70. The molecule has 1 aromatic heterocycles. The molecular formula is C19H27N3O3. The van der Waals surface area contributed by atoms with Crippen LogP contribution in [0.5, 0.6) is 5.75 Å². The lowest BCUT2D eigenvalue weighted by molar-refractivity contribution is -0.0321. The lowest BCUT2D eigenvalue weighted by Gasteiger charge is -2.38. The van der Waals surface area contributed by atoms with Crippen LogP contribution in [-0.2, 0) is 11.3 Å². The Balaban J connectivity index is 1.69. The van der Waals surface area contributed by atoms with Crippen LogP contribution < -0.4 is 4.74 Å². The summed E-state index contributed by atoms with van der Waals surface area (Å²) in [5.74, 6) is 1.82. The quantitative estimate of drug-likeness (QED) is 0.833. The van der Waals surface area contributed by atoms with Crippen molar-refractivity contribution in [2.45, 2.75) is 19.4 Å². The minimum atomic E-state index is -0.0649. The summed E-state index contributed by atoms with van der Waals surface area (Å²) in [7, 11) is 3.75. The van der Waals surface area contributed by atoms with Crippen molar-refractivity contribution in [3.8, 4) is 11.4 Å². The number of imidazole rings is 1. The van der Waals surface area contributed by atoms with Gasteiger partial charge in [0.25, 0.3) is 0 Å². The number of hydrogen-bond acceptors (Lipinski definition) is 5. The molecule has 0 radical (unpaired) electrons. The molecule has 6 heteroatoms. The van der Waals surface area contributed by atoms with Gasteiger partial charge in [0.2, 0.25) is 0 Å². The van der Waals surface area contributed by atoms with Gasteiger partial charge in [-0.05, 0) is 44.2 Å². The Morgan fingerprint density at radius 2 is 2.00 bits per heavy atom. The highest BCUT2D eigenvalue weighted by molar-refractivity contribution is 5.38. The van der Waals surface area contributed by atoms with Crippen molar-refractivity contribution in [1.29, 1.82) is 0 Å². The van der Waals surface area contributed by atoms with Crippen molar-refractivity contribution >= 4 is 0 Å². The maximum atomic E-state index is 9.88. The van der Waals surface area contributed by atoms with E-state index in [0.717, 1.165) is 56.4 Å². The Morgan fingerprint density at radius 1 is 1.28 bits per heavy atom. The summed E-state index contributed by atoms with van der Waals surface area (Å²) < 4.78 is 12.8. The van der Waals surface area contributed by atoms with E-state index in [1.54, 1.807) is 7.11 Å². The van der Waals surface area contributed by atoms with Gasteiger partial charge in [0, 0.05) is 43.3 Å². The molecule has 1 N–H and O–H groups in total. The average molecular weight is 345 g/mol. The number of benzene rings is 1. The Morgan fingerprint density at radius 3 is 2.64 bits per heavy atom. The van der Waals surface area contributed by atoms with E-state index in [1.165, 1.54) is 0 Å². The lowest BCUT2D eigenvalue weighted by Crippen LogP contribution is -2.42. The van der Waals surface area contributed by atoms with Crippen molar-refractivity contribution in [1.82, 2.24) is 14.5 Å². The Kier molecular flexibility index (Phi) is 5.73. The normalized spacial score (nSPS) is 17.0. The number of ether oxygens (including phenoxy) is 2. The van der Waals surface area contributed by atoms with E-state index in [0.29, 0.717) is 0 Å². The zero-order valence-corrected chi connectivity index (χ0v) is 15.0. The molecule has 0 bridgehead atoms. The van der Waals surface area contributed by atoms with Gasteiger partial charge in [-0.2, -0.15) is 0 Å². The fourth-order valence-electron chi connectivity index (χ4n) is 3.47. The fourth-order valence-corrected chi connectivity index (χ4v) is 3.47. The molecule has 1 fully saturated rings. The predicted octanol–water partition coefficient (Wildman–Crippen LogP) is 2.10. The first-order chi connectivity index (χ1) is 12.2. The zero-order valence-electron chi connectivity index (χ0n) is 15.0. The van der Waals surface area contributed by atoms with Gasteiger partial charge in [-0.3, -0.25) is 4.90 Å². The van der Waals surface area contributed by atoms with E-state index in [4.69, 9.17) is 9.47 Å². The van der Waals surface area contributed by atoms with Gasteiger partial charge in [-0.15, -0.1) is 0 Å². The number of aromatic nitrogens is 2. The van der Waals surface area contributed by atoms with Gasteiger partial charge < -0.3 is 19.1 Å². The number of methoxy groups -OCH3 is 1. The summed E-state index contributed by atoms with van der Waals surface area (Å²) in [6.07, 6.45) is 5.60. The third kappa shape index (κ3) is 4.21. The first kappa shape index (κ1) is 17.9. The molecule has 0 unspecified atom stereocenters. The van der Waals surface area contributed by atoms with E-state index < -0.39 is 0 Å². The summed E-state index contributed by atoms with van der Waals surface area (Å²) in [6, 6.07) is 7.95. The highest BCUT2D eigenvalue weighted by Crippen LogP contribution is 2.31. The highest BCUT2D eigenvalue weighted by atomic mass is 16.5. The number of rotatable bonds is 7. The largest absolute Gasteiger partial charge is 0.497 e. The van der Waals surface area contributed by atoms with Crippen LogP contribution in [0.1, 0.15) is 18.7 Å². The van der Waals surface area contributed by atoms with Crippen LogP contribution in [0.15, 0.2) is 36.7 Å². The Bertz CT molecular complexity index is 663. The molecular weight excluding hydrogens is 318 g/mol. The van der Waals surface area contributed by atoms with E-state index in [-0.39, 0.29) is 12.0 Å². The predicted molar refractivity (Wildman–Crippen MR) is 96.0 cm³/mol. The molecule has 6 nitrogen and oxygen atoms in total. The van der Waals surface area contributed by atoms with Crippen LogP contribution in [-0.4, -0.2) is 60.1 Å². The molecule has 0 spiro atoms. The van der Waals surface area contributed by atoms with Gasteiger partial charge >= 0.3 is 0 Å². The molecule has 3 rings (SSSR count). The smallest absolute Gasteiger partial charge is 0.127 e. The van der Waals surface area contributed by atoms with Crippen molar-refractivity contribution < 1.29 is 14.6 Å². The van der Waals surface area contributed by atoms with Crippen LogP contribution in [0.2, 0.25) is 0 Å². The van der Waals surface area contributed by atoms with Crippen LogP contribution in [0.25, 0.3) is 5.69 Å². The summed E-state index contributed by atoms with van der Waals surface area (Å²) in [6.45, 7) is 3.22. The standard InChI is InChI=1S/C19H27N3O3/c1-21(14-19(15-23)7-11-25-12-8-19)13-18-20-9-10-22(18)16-3-5-17(24-2)6-4-16/h3-6,9-10,23H,7-8,11-15H2,1-2H3. The summed E-state index contributed by atoms with van der Waals surface area (Å²) in [5.41, 5.74) is 0.995. The Hall–Kier alpha value is -1.89. The second-order valence-electron chi connectivity index (χ2n) is 6.85. The average Bonchev–Trinajstić information content (AvgIpc) is 3.10. The topological polar surface area (TPSA) is 59.8 Å². The van der Waals surface area contributed by atoms with E-state index in [2.05, 4.69) is 21.5 Å². The molecule has 1 aliphatic rings. The second-order valence-corrected chi connectivity index (χ2v) is 6.85. The third-order valence-electron chi connectivity index (χ3n) is 4.97. The zero-order chi connectivity index (χ0) is 17.7. The Labute approximate surface area is 149 Å². The summed E-state index contributed by atoms with van der Waals surface area (Å²) >= 11 is 0. The molecule has 0 amide bonds. The maximum absolute atomic E-state index is 9.88. The molecule has 136 valence electrons. The minimum absolute atomic E-state index is 0.0649. The van der Waals surface area contributed by atoms with Crippen LogP contribution in [0.3, 0.4) is 0 Å². The summed E-state index contributed by atoms with van der Waals surface area (Å²) in [5, 5.41) is 9.88. The first-order valence-corrected chi connectivity index (χ1v) is 8.70. The van der Waals surface area contributed by atoms with Crippen molar-refractivity contribution in [2.24, 2.45) is 5.41 Å². The molecule has 1 aliphatic heterocycles. The SMILES string of the molecule is COc1ccc(-n2ccnc2CN(C)CC2(CO)CCOCC2)cc1.